The van der Waals surface area contributed by atoms with Gasteiger partial charge in [0.05, 0.1) is 0 Å². The molecule has 1 aliphatic heterocycles. The Morgan fingerprint density at radius 3 is 2.05 bits per heavy atom. The molecule has 2 aliphatic rings. The molecule has 0 saturated carbocycles. The van der Waals surface area contributed by atoms with E-state index in [-0.39, 0.29) is 23.8 Å². The van der Waals surface area contributed by atoms with Crippen molar-refractivity contribution in [2.75, 3.05) is 32.8 Å². The highest BCUT2D eigenvalue weighted by Gasteiger charge is 2.31. The van der Waals surface area contributed by atoms with Crippen LogP contribution in [0.3, 0.4) is 0 Å². The Balaban J connectivity index is 1.16. The number of hydrogen-bond acceptors (Lipinski definition) is 5. The molecule has 0 unspecified atom stereocenters. The minimum absolute atomic E-state index is 0.00976. The number of ether oxygens (including phenoxy) is 2. The Morgan fingerprint density at radius 2 is 1.46 bits per heavy atom. The van der Waals surface area contributed by atoms with Crippen LogP contribution in [0.25, 0.3) is 11.1 Å². The summed E-state index contributed by atoms with van der Waals surface area (Å²) in [6.45, 7) is 7.62. The van der Waals surface area contributed by atoms with Gasteiger partial charge in [-0.15, -0.1) is 0 Å². The normalized spacial score (nSPS) is 15.5. The SMILES string of the molecule is CC(C)(C)OC(=O)NCCCNC(=O)C1CCN(C(=O)OCC2c3ccccc3-c3ccccc32)CC1. The molecule has 1 heterocycles. The summed E-state index contributed by atoms with van der Waals surface area (Å²) in [5.41, 5.74) is 4.24. The van der Waals surface area contributed by atoms with E-state index in [0.29, 0.717) is 52.0 Å². The molecular formula is C29H37N3O5. The van der Waals surface area contributed by atoms with Gasteiger partial charge < -0.3 is 25.0 Å². The van der Waals surface area contributed by atoms with Gasteiger partial charge in [-0.25, -0.2) is 9.59 Å². The van der Waals surface area contributed by atoms with Crippen LogP contribution in [-0.2, 0) is 14.3 Å². The summed E-state index contributed by atoms with van der Waals surface area (Å²) < 4.78 is 10.9. The van der Waals surface area contributed by atoms with Crippen LogP contribution in [0.2, 0.25) is 0 Å². The van der Waals surface area contributed by atoms with Crippen molar-refractivity contribution in [3.8, 4) is 11.1 Å². The summed E-state index contributed by atoms with van der Waals surface area (Å²) in [4.78, 5) is 38.7. The first-order valence-corrected chi connectivity index (χ1v) is 13.1. The molecule has 2 aromatic rings. The van der Waals surface area contributed by atoms with E-state index >= 15 is 0 Å². The highest BCUT2D eigenvalue weighted by atomic mass is 16.6. The largest absolute Gasteiger partial charge is 0.448 e. The fraction of sp³-hybridized carbons (Fsp3) is 0.483. The zero-order valence-corrected chi connectivity index (χ0v) is 21.9. The molecule has 1 fully saturated rings. The molecule has 8 heteroatoms. The van der Waals surface area contributed by atoms with Gasteiger partial charge in [-0.2, -0.15) is 0 Å². The average Bonchev–Trinajstić information content (AvgIpc) is 3.19. The Bertz CT molecular complexity index is 1070. The molecule has 8 nitrogen and oxygen atoms in total. The van der Waals surface area contributed by atoms with Crippen LogP contribution in [0.4, 0.5) is 9.59 Å². The molecule has 0 atom stereocenters. The lowest BCUT2D eigenvalue weighted by molar-refractivity contribution is -0.126. The number of piperidine rings is 1. The quantitative estimate of drug-likeness (QED) is 0.531. The standard InChI is InChI=1S/C29H37N3O5/c1-29(2,3)37-27(34)31-16-8-15-30-26(33)20-13-17-32(18-14-20)28(35)36-19-25-23-11-6-4-9-21(23)22-10-5-7-12-24(22)25/h4-7,9-12,20,25H,8,13-19H2,1-3H3,(H,30,33)(H,31,34). The summed E-state index contributed by atoms with van der Waals surface area (Å²) in [5.74, 6) is -0.106. The van der Waals surface area contributed by atoms with Crippen LogP contribution in [0.5, 0.6) is 0 Å². The number of alkyl carbamates (subject to hydrolysis) is 1. The lowest BCUT2D eigenvalue weighted by Crippen LogP contribution is -2.43. The van der Waals surface area contributed by atoms with Gasteiger partial charge in [0.1, 0.15) is 12.2 Å². The third kappa shape index (κ3) is 6.81. The topological polar surface area (TPSA) is 97.0 Å². The molecule has 2 N–H and O–H groups in total. The molecular weight excluding hydrogens is 470 g/mol. The fourth-order valence-electron chi connectivity index (χ4n) is 4.96. The van der Waals surface area contributed by atoms with E-state index in [1.54, 1.807) is 4.90 Å². The number of amides is 3. The third-order valence-corrected chi connectivity index (χ3v) is 6.78. The second-order valence-corrected chi connectivity index (χ2v) is 10.6. The molecule has 198 valence electrons. The summed E-state index contributed by atoms with van der Waals surface area (Å²) in [7, 11) is 0. The van der Waals surface area contributed by atoms with Crippen molar-refractivity contribution in [3.63, 3.8) is 0 Å². The Kier molecular flexibility index (Phi) is 8.36. The van der Waals surface area contributed by atoms with E-state index in [2.05, 4.69) is 34.9 Å². The van der Waals surface area contributed by atoms with E-state index < -0.39 is 11.7 Å². The summed E-state index contributed by atoms with van der Waals surface area (Å²) in [6, 6.07) is 16.5. The predicted octanol–water partition coefficient (Wildman–Crippen LogP) is 4.68. The number of nitrogens with one attached hydrogen (secondary N) is 2. The zero-order valence-electron chi connectivity index (χ0n) is 21.9. The van der Waals surface area contributed by atoms with E-state index in [1.807, 2.05) is 45.0 Å². The monoisotopic (exact) mass is 507 g/mol. The van der Waals surface area contributed by atoms with Crippen molar-refractivity contribution in [2.45, 2.75) is 51.6 Å². The molecule has 4 rings (SSSR count). The maximum Gasteiger partial charge on any atom is 0.409 e. The van der Waals surface area contributed by atoms with Gasteiger partial charge in [-0.1, -0.05) is 48.5 Å². The molecule has 0 bridgehead atoms. The van der Waals surface area contributed by atoms with Crippen molar-refractivity contribution in [1.29, 1.82) is 0 Å². The number of fused-ring (bicyclic) bond motifs is 3. The highest BCUT2D eigenvalue weighted by molar-refractivity contribution is 5.80. The highest BCUT2D eigenvalue weighted by Crippen LogP contribution is 2.44. The number of carbonyl (C=O) groups is 3. The van der Waals surface area contributed by atoms with Gasteiger partial charge in [0.25, 0.3) is 0 Å². The van der Waals surface area contributed by atoms with Crippen LogP contribution in [0, 0.1) is 5.92 Å². The molecule has 1 saturated heterocycles. The molecule has 0 spiro atoms. The first-order chi connectivity index (χ1) is 17.7. The second-order valence-electron chi connectivity index (χ2n) is 10.6. The summed E-state index contributed by atoms with van der Waals surface area (Å²) in [5, 5.41) is 5.62. The smallest absolute Gasteiger partial charge is 0.409 e. The van der Waals surface area contributed by atoms with Crippen LogP contribution < -0.4 is 10.6 Å². The van der Waals surface area contributed by atoms with Gasteiger partial charge in [-0.05, 0) is 62.3 Å². The Labute approximate surface area is 218 Å². The summed E-state index contributed by atoms with van der Waals surface area (Å²) >= 11 is 0. The van der Waals surface area contributed by atoms with E-state index in [4.69, 9.17) is 9.47 Å². The van der Waals surface area contributed by atoms with Crippen molar-refractivity contribution in [2.24, 2.45) is 5.92 Å². The third-order valence-electron chi connectivity index (χ3n) is 6.78. The molecule has 1 aliphatic carbocycles. The van der Waals surface area contributed by atoms with Gasteiger partial charge in [-0.3, -0.25) is 4.79 Å². The van der Waals surface area contributed by atoms with Crippen molar-refractivity contribution in [3.05, 3.63) is 59.7 Å². The number of benzene rings is 2. The predicted molar refractivity (Wildman–Crippen MR) is 141 cm³/mol. The molecule has 3 amide bonds. The van der Waals surface area contributed by atoms with E-state index in [0.717, 1.165) is 0 Å². The van der Waals surface area contributed by atoms with Crippen molar-refractivity contribution < 1.29 is 23.9 Å². The minimum atomic E-state index is -0.535. The maximum atomic E-state index is 12.8. The summed E-state index contributed by atoms with van der Waals surface area (Å²) in [6.07, 6.45) is 1.04. The minimum Gasteiger partial charge on any atom is -0.448 e. The first kappa shape index (κ1) is 26.5. The van der Waals surface area contributed by atoms with Crippen LogP contribution in [0.1, 0.15) is 57.1 Å². The van der Waals surface area contributed by atoms with Crippen molar-refractivity contribution in [1.82, 2.24) is 15.5 Å². The molecule has 2 aromatic carbocycles. The molecule has 37 heavy (non-hydrogen) atoms. The van der Waals surface area contributed by atoms with Gasteiger partial charge in [0.15, 0.2) is 0 Å². The van der Waals surface area contributed by atoms with Gasteiger partial charge >= 0.3 is 12.2 Å². The average molecular weight is 508 g/mol. The van der Waals surface area contributed by atoms with Gasteiger partial charge in [0, 0.05) is 38.0 Å². The van der Waals surface area contributed by atoms with Crippen molar-refractivity contribution >= 4 is 18.1 Å². The second kappa shape index (κ2) is 11.7. The lowest BCUT2D eigenvalue weighted by atomic mass is 9.96. The number of likely N-dealkylation sites (tertiary alicyclic amines) is 1. The van der Waals surface area contributed by atoms with Crippen LogP contribution in [0.15, 0.2) is 48.5 Å². The number of nitrogens with zero attached hydrogens (tertiary/aromatic N) is 1. The molecule has 0 aromatic heterocycles. The number of rotatable bonds is 7. The first-order valence-electron chi connectivity index (χ1n) is 13.1. The van der Waals surface area contributed by atoms with Gasteiger partial charge in [0.2, 0.25) is 5.91 Å². The van der Waals surface area contributed by atoms with Crippen LogP contribution >= 0.6 is 0 Å². The Hall–Kier alpha value is -3.55. The lowest BCUT2D eigenvalue weighted by Gasteiger charge is -2.31. The maximum absolute atomic E-state index is 12.8. The Morgan fingerprint density at radius 1 is 0.892 bits per heavy atom. The van der Waals surface area contributed by atoms with E-state index in [1.165, 1.54) is 22.3 Å². The van der Waals surface area contributed by atoms with Crippen LogP contribution in [-0.4, -0.2) is 61.4 Å². The fourth-order valence-corrected chi connectivity index (χ4v) is 4.96. The number of carbonyl (C=O) groups excluding carboxylic acids is 3. The molecule has 0 radical (unpaired) electrons. The number of hydrogen-bond donors (Lipinski definition) is 2. The zero-order chi connectivity index (χ0) is 26.4. The van der Waals surface area contributed by atoms with E-state index in [9.17, 15) is 14.4 Å².